The van der Waals surface area contributed by atoms with Crippen LogP contribution in [0.25, 0.3) is 0 Å². The molecule has 0 aliphatic carbocycles. The summed E-state index contributed by atoms with van der Waals surface area (Å²) in [5.74, 6) is 5.11. The van der Waals surface area contributed by atoms with Crippen LogP contribution in [0.15, 0.2) is 24.3 Å². The van der Waals surface area contributed by atoms with Crippen molar-refractivity contribution in [2.45, 2.75) is 12.8 Å². The highest BCUT2D eigenvalue weighted by Gasteiger charge is 1.98. The van der Waals surface area contributed by atoms with Crippen molar-refractivity contribution >= 4 is 21.9 Å². The third-order valence-electron chi connectivity index (χ3n) is 1.88. The Kier molecular flexibility index (Phi) is 4.92. The lowest BCUT2D eigenvalue weighted by Crippen LogP contribution is -1.97. The van der Waals surface area contributed by atoms with E-state index in [-0.39, 0.29) is 6.42 Å². The second-order valence-electron chi connectivity index (χ2n) is 3.03. The number of aryl methyl sites for hydroxylation is 1. The van der Waals surface area contributed by atoms with Gasteiger partial charge in [0.25, 0.3) is 0 Å². The average Bonchev–Trinajstić information content (AvgIpc) is 2.25. The van der Waals surface area contributed by atoms with Crippen LogP contribution < -0.4 is 0 Å². The van der Waals surface area contributed by atoms with E-state index in [4.69, 9.17) is 5.11 Å². The lowest BCUT2D eigenvalue weighted by Gasteiger charge is -1.98. The summed E-state index contributed by atoms with van der Waals surface area (Å²) < 4.78 is 0. The fraction of sp³-hybridized carbons (Fsp3) is 0.250. The zero-order valence-electron chi connectivity index (χ0n) is 8.16. The van der Waals surface area contributed by atoms with Crippen LogP contribution in [0.2, 0.25) is 0 Å². The standard InChI is InChI=1S/C12H11BrO2/c13-9-1-2-10-3-5-11(6-4-10)7-8-12(14)15/h3-6H,7-9H2,(H,14,15). The molecule has 0 saturated carbocycles. The van der Waals surface area contributed by atoms with Crippen LogP contribution in [0.5, 0.6) is 0 Å². The highest BCUT2D eigenvalue weighted by molar-refractivity contribution is 9.09. The maximum atomic E-state index is 10.4. The van der Waals surface area contributed by atoms with Crippen LogP contribution in [0.3, 0.4) is 0 Å². The molecule has 15 heavy (non-hydrogen) atoms. The molecule has 1 N–H and O–H groups in total. The summed E-state index contributed by atoms with van der Waals surface area (Å²) >= 11 is 3.22. The number of carboxylic acids is 1. The molecule has 0 unspecified atom stereocenters. The molecular formula is C12H11BrO2. The molecular weight excluding hydrogens is 256 g/mol. The minimum absolute atomic E-state index is 0.173. The Balaban J connectivity index is 2.60. The molecule has 1 rings (SSSR count). The van der Waals surface area contributed by atoms with Gasteiger partial charge in [0.1, 0.15) is 0 Å². The number of alkyl halides is 1. The van der Waals surface area contributed by atoms with E-state index in [0.717, 1.165) is 11.1 Å². The summed E-state index contributed by atoms with van der Waals surface area (Å²) in [5, 5.41) is 9.18. The van der Waals surface area contributed by atoms with Crippen LogP contribution in [-0.2, 0) is 11.2 Å². The van der Waals surface area contributed by atoms with Gasteiger partial charge in [-0.15, -0.1) is 0 Å². The predicted octanol–water partition coefficient (Wildman–Crippen LogP) is 2.45. The van der Waals surface area contributed by atoms with Crippen molar-refractivity contribution in [3.8, 4) is 11.8 Å². The van der Waals surface area contributed by atoms with Crippen molar-refractivity contribution in [2.24, 2.45) is 0 Å². The normalized spacial score (nSPS) is 9.13. The van der Waals surface area contributed by atoms with Crippen molar-refractivity contribution in [1.82, 2.24) is 0 Å². The first-order chi connectivity index (χ1) is 7.22. The van der Waals surface area contributed by atoms with Gasteiger partial charge in [-0.3, -0.25) is 4.79 Å². The van der Waals surface area contributed by atoms with E-state index in [2.05, 4.69) is 27.8 Å². The first kappa shape index (κ1) is 11.8. The SMILES string of the molecule is O=C(O)CCc1ccc(C#CCBr)cc1. The van der Waals surface area contributed by atoms with Gasteiger partial charge >= 0.3 is 5.97 Å². The summed E-state index contributed by atoms with van der Waals surface area (Å²) in [7, 11) is 0. The number of carbonyl (C=O) groups is 1. The van der Waals surface area contributed by atoms with Gasteiger partial charge in [0.05, 0.1) is 5.33 Å². The maximum absolute atomic E-state index is 10.4. The van der Waals surface area contributed by atoms with Gasteiger partial charge in [-0.25, -0.2) is 0 Å². The summed E-state index contributed by atoms with van der Waals surface area (Å²) in [6.07, 6.45) is 0.744. The highest BCUT2D eigenvalue weighted by Crippen LogP contribution is 2.05. The highest BCUT2D eigenvalue weighted by atomic mass is 79.9. The number of carboxylic acid groups (broad SMARTS) is 1. The van der Waals surface area contributed by atoms with Gasteiger partial charge in [-0.05, 0) is 24.1 Å². The van der Waals surface area contributed by atoms with Gasteiger partial charge in [-0.1, -0.05) is 39.9 Å². The van der Waals surface area contributed by atoms with E-state index in [1.54, 1.807) is 0 Å². The van der Waals surface area contributed by atoms with Crippen LogP contribution in [0, 0.1) is 11.8 Å². The van der Waals surface area contributed by atoms with E-state index in [0.29, 0.717) is 11.8 Å². The molecule has 0 bridgehead atoms. The Morgan fingerprint density at radius 1 is 1.33 bits per heavy atom. The summed E-state index contributed by atoms with van der Waals surface area (Å²) in [6, 6.07) is 7.65. The number of hydrogen-bond donors (Lipinski definition) is 1. The molecule has 1 aromatic rings. The lowest BCUT2D eigenvalue weighted by atomic mass is 10.1. The second kappa shape index (κ2) is 6.26. The van der Waals surface area contributed by atoms with Crippen molar-refractivity contribution in [1.29, 1.82) is 0 Å². The Morgan fingerprint density at radius 2 is 2.00 bits per heavy atom. The van der Waals surface area contributed by atoms with E-state index < -0.39 is 5.97 Å². The Labute approximate surface area is 97.4 Å². The van der Waals surface area contributed by atoms with Crippen molar-refractivity contribution in [3.05, 3.63) is 35.4 Å². The van der Waals surface area contributed by atoms with Crippen LogP contribution in [0.1, 0.15) is 17.5 Å². The molecule has 2 nitrogen and oxygen atoms in total. The molecule has 78 valence electrons. The number of halogens is 1. The molecule has 0 spiro atoms. The Bertz CT molecular complexity index is 384. The molecule has 0 aliphatic heterocycles. The lowest BCUT2D eigenvalue weighted by molar-refractivity contribution is -0.136. The van der Waals surface area contributed by atoms with E-state index >= 15 is 0 Å². The molecule has 0 fully saturated rings. The van der Waals surface area contributed by atoms with Gasteiger partial charge in [0.2, 0.25) is 0 Å². The quantitative estimate of drug-likeness (QED) is 0.674. The smallest absolute Gasteiger partial charge is 0.303 e. The van der Waals surface area contributed by atoms with E-state index in [1.165, 1.54) is 0 Å². The minimum atomic E-state index is -0.766. The maximum Gasteiger partial charge on any atom is 0.303 e. The zero-order chi connectivity index (χ0) is 11.1. The number of aliphatic carboxylic acids is 1. The fourth-order valence-electron chi connectivity index (χ4n) is 1.14. The van der Waals surface area contributed by atoms with Crippen LogP contribution >= 0.6 is 15.9 Å². The summed E-state index contributed by atoms with van der Waals surface area (Å²) in [4.78, 5) is 10.4. The molecule has 0 heterocycles. The summed E-state index contributed by atoms with van der Waals surface area (Å²) in [5.41, 5.74) is 1.98. The molecule has 1 aromatic carbocycles. The van der Waals surface area contributed by atoms with Crippen molar-refractivity contribution < 1.29 is 9.90 Å². The van der Waals surface area contributed by atoms with E-state index in [1.807, 2.05) is 24.3 Å². The zero-order valence-corrected chi connectivity index (χ0v) is 9.75. The molecule has 0 radical (unpaired) electrons. The van der Waals surface area contributed by atoms with Gasteiger partial charge in [0, 0.05) is 12.0 Å². The fourth-order valence-corrected chi connectivity index (χ4v) is 1.28. The average molecular weight is 267 g/mol. The Hall–Kier alpha value is -1.27. The number of hydrogen-bond acceptors (Lipinski definition) is 1. The number of benzene rings is 1. The van der Waals surface area contributed by atoms with Gasteiger partial charge in [-0.2, -0.15) is 0 Å². The topological polar surface area (TPSA) is 37.3 Å². The number of rotatable bonds is 3. The molecule has 3 heteroatoms. The molecule has 0 aliphatic rings. The largest absolute Gasteiger partial charge is 0.481 e. The predicted molar refractivity (Wildman–Crippen MR) is 63.1 cm³/mol. The van der Waals surface area contributed by atoms with Crippen LogP contribution in [-0.4, -0.2) is 16.4 Å². The van der Waals surface area contributed by atoms with Gasteiger partial charge in [0.15, 0.2) is 0 Å². The Morgan fingerprint density at radius 3 is 2.53 bits per heavy atom. The van der Waals surface area contributed by atoms with Crippen LogP contribution in [0.4, 0.5) is 0 Å². The minimum Gasteiger partial charge on any atom is -0.481 e. The van der Waals surface area contributed by atoms with Gasteiger partial charge < -0.3 is 5.11 Å². The molecule has 0 atom stereocenters. The third kappa shape index (κ3) is 4.66. The van der Waals surface area contributed by atoms with Crippen molar-refractivity contribution in [3.63, 3.8) is 0 Å². The first-order valence-electron chi connectivity index (χ1n) is 4.58. The molecule has 0 saturated heterocycles. The second-order valence-corrected chi connectivity index (χ2v) is 3.59. The monoisotopic (exact) mass is 266 g/mol. The summed E-state index contributed by atoms with van der Waals surface area (Å²) in [6.45, 7) is 0. The first-order valence-corrected chi connectivity index (χ1v) is 5.70. The van der Waals surface area contributed by atoms with E-state index in [9.17, 15) is 4.79 Å². The molecule has 0 amide bonds. The third-order valence-corrected chi connectivity index (χ3v) is 2.16. The van der Waals surface area contributed by atoms with Crippen molar-refractivity contribution in [2.75, 3.05) is 5.33 Å². The molecule has 0 aromatic heterocycles.